The lowest BCUT2D eigenvalue weighted by atomic mass is 9.52. The number of hydrogen-bond donors (Lipinski definition) is 0. The number of carbonyl (C=O) groups excluding carboxylic acids is 2. The summed E-state index contributed by atoms with van der Waals surface area (Å²) in [6.07, 6.45) is 10.3. The highest BCUT2D eigenvalue weighted by Crippen LogP contribution is 2.60. The van der Waals surface area contributed by atoms with E-state index in [-0.39, 0.29) is 5.41 Å². The maximum absolute atomic E-state index is 12.3. The van der Waals surface area contributed by atoms with Crippen LogP contribution in [0.4, 0.5) is 0 Å². The molecule has 0 bridgehead atoms. The average molecular weight is 272 g/mol. The normalized spacial score (nSPS) is 47.4. The van der Waals surface area contributed by atoms with E-state index < -0.39 is 0 Å². The zero-order valence-electron chi connectivity index (χ0n) is 12.4. The minimum absolute atomic E-state index is 0.00707. The first kappa shape index (κ1) is 12.8. The molecule has 0 unspecified atom stereocenters. The van der Waals surface area contributed by atoms with Gasteiger partial charge in [0.1, 0.15) is 5.78 Å². The number of Topliss-reactive ketones (excluding diaryl/α,β-unsaturated/α-hetero) is 1. The van der Waals surface area contributed by atoms with Gasteiger partial charge in [-0.2, -0.15) is 0 Å². The zero-order valence-corrected chi connectivity index (χ0v) is 12.4. The fourth-order valence-corrected chi connectivity index (χ4v) is 5.95. The summed E-state index contributed by atoms with van der Waals surface area (Å²) in [6, 6.07) is 0. The van der Waals surface area contributed by atoms with Crippen LogP contribution < -0.4 is 0 Å². The maximum atomic E-state index is 12.3. The number of allylic oxidation sites excluding steroid dienone is 1. The van der Waals surface area contributed by atoms with Crippen LogP contribution in [-0.4, -0.2) is 11.6 Å². The van der Waals surface area contributed by atoms with E-state index in [4.69, 9.17) is 0 Å². The van der Waals surface area contributed by atoms with Gasteiger partial charge in [0.2, 0.25) is 0 Å². The standard InChI is InChI=1S/C18H24O2/c1-18-9-8-14-13-5-3-12(19)10-11(13)2-4-15(14)16(18)6-7-17(18)20/h10,13-16H,2-9H2,1H3/t13-,14+,15+,16-,18-/m1/s1. The zero-order chi connectivity index (χ0) is 13.9. The van der Waals surface area contributed by atoms with Crippen LogP contribution in [0, 0.1) is 29.1 Å². The summed E-state index contributed by atoms with van der Waals surface area (Å²) in [5, 5.41) is 0. The van der Waals surface area contributed by atoms with E-state index in [0.29, 0.717) is 23.4 Å². The number of carbonyl (C=O) groups is 2. The lowest BCUT2D eigenvalue weighted by Crippen LogP contribution is -2.46. The third kappa shape index (κ3) is 1.63. The van der Waals surface area contributed by atoms with Crippen LogP contribution in [0.15, 0.2) is 11.6 Å². The van der Waals surface area contributed by atoms with Crippen LogP contribution in [0.2, 0.25) is 0 Å². The molecule has 108 valence electrons. The van der Waals surface area contributed by atoms with Gasteiger partial charge in [0.05, 0.1) is 0 Å². The Hall–Kier alpha value is -0.920. The SMILES string of the molecule is C[C@@]12CC[C@@H]3[C@H](CCC4=CC(=O)CC[C@H]43)[C@H]1CCC2=O. The van der Waals surface area contributed by atoms with Crippen LogP contribution in [0.25, 0.3) is 0 Å². The van der Waals surface area contributed by atoms with Gasteiger partial charge in [-0.1, -0.05) is 12.5 Å². The van der Waals surface area contributed by atoms with Gasteiger partial charge in [0, 0.05) is 18.3 Å². The van der Waals surface area contributed by atoms with Crippen molar-refractivity contribution in [3.8, 4) is 0 Å². The van der Waals surface area contributed by atoms with Crippen molar-refractivity contribution in [2.24, 2.45) is 29.1 Å². The Morgan fingerprint density at radius 2 is 1.85 bits per heavy atom. The second-order valence-electron chi connectivity index (χ2n) is 7.72. The van der Waals surface area contributed by atoms with Crippen molar-refractivity contribution in [1.29, 1.82) is 0 Å². The van der Waals surface area contributed by atoms with E-state index >= 15 is 0 Å². The van der Waals surface area contributed by atoms with Gasteiger partial charge >= 0.3 is 0 Å². The molecule has 0 radical (unpaired) electrons. The average Bonchev–Trinajstić information content (AvgIpc) is 2.74. The van der Waals surface area contributed by atoms with E-state index in [0.717, 1.165) is 50.4 Å². The summed E-state index contributed by atoms with van der Waals surface area (Å²) in [4.78, 5) is 23.9. The highest BCUT2D eigenvalue weighted by Gasteiger charge is 2.55. The van der Waals surface area contributed by atoms with E-state index in [1.54, 1.807) is 0 Å². The molecule has 4 rings (SSSR count). The van der Waals surface area contributed by atoms with Crippen LogP contribution in [-0.2, 0) is 9.59 Å². The molecule has 3 fully saturated rings. The van der Waals surface area contributed by atoms with Crippen LogP contribution >= 0.6 is 0 Å². The largest absolute Gasteiger partial charge is 0.299 e. The molecule has 2 heteroatoms. The summed E-state index contributed by atoms with van der Waals surface area (Å²) < 4.78 is 0. The summed E-state index contributed by atoms with van der Waals surface area (Å²) >= 11 is 0. The van der Waals surface area contributed by atoms with Gasteiger partial charge in [-0.25, -0.2) is 0 Å². The Labute approximate surface area is 121 Å². The molecule has 0 aliphatic heterocycles. The molecule has 0 N–H and O–H groups in total. The molecule has 0 amide bonds. The summed E-state index contributed by atoms with van der Waals surface area (Å²) in [6.45, 7) is 2.24. The van der Waals surface area contributed by atoms with Crippen LogP contribution in [0.5, 0.6) is 0 Å². The van der Waals surface area contributed by atoms with E-state index in [9.17, 15) is 9.59 Å². The van der Waals surface area contributed by atoms with Crippen molar-refractivity contribution >= 4 is 11.6 Å². The molecule has 5 atom stereocenters. The van der Waals surface area contributed by atoms with E-state index in [1.807, 2.05) is 6.08 Å². The van der Waals surface area contributed by atoms with Crippen LogP contribution in [0.3, 0.4) is 0 Å². The number of fused-ring (bicyclic) bond motifs is 5. The molecule has 0 saturated heterocycles. The fourth-order valence-electron chi connectivity index (χ4n) is 5.95. The van der Waals surface area contributed by atoms with Gasteiger partial charge in [-0.15, -0.1) is 0 Å². The van der Waals surface area contributed by atoms with Crippen molar-refractivity contribution in [1.82, 2.24) is 0 Å². The highest BCUT2D eigenvalue weighted by molar-refractivity contribution is 5.91. The minimum Gasteiger partial charge on any atom is -0.299 e. The molecule has 4 aliphatic rings. The molecular formula is C18H24O2. The summed E-state index contributed by atoms with van der Waals surface area (Å²) in [5.74, 6) is 3.66. The fraction of sp³-hybridized carbons (Fsp3) is 0.778. The molecule has 4 aliphatic carbocycles. The molecule has 0 spiro atoms. The quantitative estimate of drug-likeness (QED) is 0.674. The molecule has 2 nitrogen and oxygen atoms in total. The smallest absolute Gasteiger partial charge is 0.155 e. The van der Waals surface area contributed by atoms with Gasteiger partial charge in [0.15, 0.2) is 5.78 Å². The first-order valence-electron chi connectivity index (χ1n) is 8.36. The Morgan fingerprint density at radius 1 is 1.00 bits per heavy atom. The van der Waals surface area contributed by atoms with Crippen molar-refractivity contribution in [3.63, 3.8) is 0 Å². The van der Waals surface area contributed by atoms with Crippen molar-refractivity contribution < 1.29 is 9.59 Å². The van der Waals surface area contributed by atoms with Gasteiger partial charge in [0.25, 0.3) is 0 Å². The second kappa shape index (κ2) is 4.29. The number of hydrogen-bond acceptors (Lipinski definition) is 2. The molecule has 0 aromatic heterocycles. The highest BCUT2D eigenvalue weighted by atomic mass is 16.1. The predicted molar refractivity (Wildman–Crippen MR) is 77.1 cm³/mol. The van der Waals surface area contributed by atoms with Crippen LogP contribution in [0.1, 0.15) is 58.3 Å². The first-order valence-corrected chi connectivity index (χ1v) is 8.36. The topological polar surface area (TPSA) is 34.1 Å². The minimum atomic E-state index is -0.00707. The third-order valence-electron chi connectivity index (χ3n) is 7.01. The predicted octanol–water partition coefficient (Wildman–Crippen LogP) is 3.70. The van der Waals surface area contributed by atoms with Crippen molar-refractivity contribution in [3.05, 3.63) is 11.6 Å². The second-order valence-corrected chi connectivity index (χ2v) is 7.72. The molecule has 0 aromatic rings. The molecule has 0 heterocycles. The molecule has 3 saturated carbocycles. The lowest BCUT2D eigenvalue weighted by Gasteiger charge is -2.52. The summed E-state index contributed by atoms with van der Waals surface area (Å²) in [5.41, 5.74) is 1.43. The van der Waals surface area contributed by atoms with Gasteiger partial charge in [-0.05, 0) is 68.3 Å². The monoisotopic (exact) mass is 272 g/mol. The number of rotatable bonds is 0. The van der Waals surface area contributed by atoms with Gasteiger partial charge < -0.3 is 0 Å². The lowest BCUT2D eigenvalue weighted by molar-refractivity contribution is -0.131. The first-order chi connectivity index (χ1) is 9.59. The summed E-state index contributed by atoms with van der Waals surface area (Å²) in [7, 11) is 0. The molecule has 0 aromatic carbocycles. The van der Waals surface area contributed by atoms with E-state index in [2.05, 4.69) is 6.92 Å². The Balaban J connectivity index is 1.65. The molecule has 20 heavy (non-hydrogen) atoms. The maximum Gasteiger partial charge on any atom is 0.155 e. The number of ketones is 2. The van der Waals surface area contributed by atoms with Crippen molar-refractivity contribution in [2.45, 2.75) is 58.3 Å². The Morgan fingerprint density at radius 3 is 2.70 bits per heavy atom. The molecular weight excluding hydrogens is 248 g/mol. The van der Waals surface area contributed by atoms with Crippen molar-refractivity contribution in [2.75, 3.05) is 0 Å². The third-order valence-corrected chi connectivity index (χ3v) is 7.01. The Kier molecular flexibility index (Phi) is 2.74. The van der Waals surface area contributed by atoms with E-state index in [1.165, 1.54) is 18.4 Å². The Bertz CT molecular complexity index is 504. The van der Waals surface area contributed by atoms with Gasteiger partial charge in [-0.3, -0.25) is 9.59 Å².